The van der Waals surface area contributed by atoms with Crippen LogP contribution in [-0.4, -0.2) is 38.0 Å². The molecule has 2 aromatic carbocycles. The van der Waals surface area contributed by atoms with E-state index in [4.69, 9.17) is 16.3 Å². The summed E-state index contributed by atoms with van der Waals surface area (Å²) in [5.74, 6) is 1.78. The summed E-state index contributed by atoms with van der Waals surface area (Å²) in [5.41, 5.74) is 2.10. The highest BCUT2D eigenvalue weighted by Gasteiger charge is 2.34. The van der Waals surface area contributed by atoms with Gasteiger partial charge in [-0.25, -0.2) is 0 Å². The molecule has 1 atom stereocenters. The topological polar surface area (TPSA) is 38.8 Å². The molecule has 156 valence electrons. The van der Waals surface area contributed by atoms with E-state index in [1.54, 1.807) is 20.3 Å². The molecular formula is C24H30ClNO3. The van der Waals surface area contributed by atoms with Gasteiger partial charge in [-0.3, -0.25) is 9.69 Å². The van der Waals surface area contributed by atoms with Crippen molar-refractivity contribution in [1.82, 2.24) is 4.90 Å². The summed E-state index contributed by atoms with van der Waals surface area (Å²) < 4.78 is 50.5. The first-order valence-corrected chi connectivity index (χ1v) is 9.82. The van der Waals surface area contributed by atoms with Crippen molar-refractivity contribution in [3.63, 3.8) is 0 Å². The SMILES string of the molecule is Cl.[2H]c1c([2H])c([2H])c(CN2CCC(CC3Cc4cc(OC)c(OC)cc4C3=O)CC2)c([2H])c1[2H]. The van der Waals surface area contributed by atoms with Crippen LogP contribution < -0.4 is 9.47 Å². The molecule has 29 heavy (non-hydrogen) atoms. The van der Waals surface area contributed by atoms with E-state index in [-0.39, 0.29) is 54.3 Å². The van der Waals surface area contributed by atoms with E-state index in [9.17, 15) is 4.79 Å². The third kappa shape index (κ3) is 4.76. The summed E-state index contributed by atoms with van der Waals surface area (Å²) in [6.45, 7) is 1.90. The van der Waals surface area contributed by atoms with Gasteiger partial charge in [0.15, 0.2) is 17.3 Å². The molecule has 1 saturated heterocycles. The van der Waals surface area contributed by atoms with Crippen LogP contribution in [0, 0.1) is 11.8 Å². The van der Waals surface area contributed by atoms with E-state index in [0.717, 1.165) is 49.9 Å². The molecule has 1 fully saturated rings. The smallest absolute Gasteiger partial charge is 0.166 e. The molecule has 0 bridgehead atoms. The predicted molar refractivity (Wildman–Crippen MR) is 117 cm³/mol. The van der Waals surface area contributed by atoms with E-state index >= 15 is 0 Å². The van der Waals surface area contributed by atoms with Gasteiger partial charge < -0.3 is 9.47 Å². The van der Waals surface area contributed by atoms with Gasteiger partial charge in [0.25, 0.3) is 0 Å². The Labute approximate surface area is 186 Å². The maximum atomic E-state index is 13.0. The van der Waals surface area contributed by atoms with Gasteiger partial charge in [-0.2, -0.15) is 0 Å². The Hall–Kier alpha value is -2.04. The molecule has 0 spiro atoms. The number of carbonyl (C=O) groups is 1. The Morgan fingerprint density at radius 2 is 1.72 bits per heavy atom. The van der Waals surface area contributed by atoms with Crippen LogP contribution in [0.1, 0.15) is 47.6 Å². The standard InChI is InChI=1S/C24H29NO3.ClH/c1-27-22-14-19-13-20(24(26)21(19)15-23(22)28-2)12-17-8-10-25(11-9-17)16-18-6-4-3-5-7-18;/h3-7,14-15,17,20H,8-13,16H2,1-2H3;1H/i3D,4D,5D,6D,7D;. The summed E-state index contributed by atoms with van der Waals surface area (Å²) in [6, 6.07) is 2.53. The number of methoxy groups -OCH3 is 2. The first-order chi connectivity index (χ1) is 15.7. The largest absolute Gasteiger partial charge is 0.493 e. The molecule has 0 saturated carbocycles. The Morgan fingerprint density at radius 1 is 1.07 bits per heavy atom. The molecule has 0 aromatic heterocycles. The number of likely N-dealkylation sites (tertiary alicyclic amines) is 1. The second-order valence-corrected chi connectivity index (χ2v) is 7.69. The highest BCUT2D eigenvalue weighted by atomic mass is 35.5. The Kier molecular flexibility index (Phi) is 5.24. The minimum Gasteiger partial charge on any atom is -0.493 e. The zero-order valence-electron chi connectivity index (χ0n) is 21.8. The minimum atomic E-state index is -0.357. The van der Waals surface area contributed by atoms with E-state index in [1.807, 2.05) is 6.07 Å². The number of Topliss-reactive ketones (excluding diaryl/α,β-unsaturated/α-hetero) is 1. The molecule has 2 aromatic rings. The fourth-order valence-electron chi connectivity index (χ4n) is 4.45. The van der Waals surface area contributed by atoms with Crippen molar-refractivity contribution in [3.8, 4) is 11.5 Å². The van der Waals surface area contributed by atoms with Crippen LogP contribution in [0.25, 0.3) is 0 Å². The van der Waals surface area contributed by atoms with Gasteiger partial charge in [-0.05, 0) is 68.0 Å². The lowest BCUT2D eigenvalue weighted by Gasteiger charge is -2.32. The number of hydrogen-bond acceptors (Lipinski definition) is 4. The molecule has 5 heteroatoms. The van der Waals surface area contributed by atoms with Crippen LogP contribution in [0.2, 0.25) is 0 Å². The fraction of sp³-hybridized carbons (Fsp3) is 0.458. The van der Waals surface area contributed by atoms with E-state index in [1.165, 1.54) is 0 Å². The molecule has 0 N–H and O–H groups in total. The average Bonchev–Trinajstić information content (AvgIpc) is 3.13. The monoisotopic (exact) mass is 420 g/mol. The number of fused-ring (bicyclic) bond motifs is 1. The highest BCUT2D eigenvalue weighted by molar-refractivity contribution is 6.02. The van der Waals surface area contributed by atoms with Crippen LogP contribution in [0.15, 0.2) is 42.3 Å². The van der Waals surface area contributed by atoms with Gasteiger partial charge in [0.2, 0.25) is 0 Å². The van der Waals surface area contributed by atoms with Gasteiger partial charge in [-0.15, -0.1) is 12.4 Å². The third-order valence-corrected chi connectivity index (χ3v) is 5.97. The number of nitrogens with zero attached hydrogens (tertiary/aromatic N) is 1. The zero-order chi connectivity index (χ0) is 23.9. The van der Waals surface area contributed by atoms with Crippen LogP contribution in [0.4, 0.5) is 0 Å². The highest BCUT2D eigenvalue weighted by Crippen LogP contribution is 2.39. The van der Waals surface area contributed by atoms with Crippen molar-refractivity contribution in [3.05, 3.63) is 59.0 Å². The lowest BCUT2D eigenvalue weighted by atomic mass is 9.85. The van der Waals surface area contributed by atoms with Crippen molar-refractivity contribution in [1.29, 1.82) is 0 Å². The number of carbonyl (C=O) groups excluding carboxylic acids is 1. The Balaban J connectivity index is 0.00000324. The van der Waals surface area contributed by atoms with Crippen molar-refractivity contribution in [2.75, 3.05) is 27.3 Å². The second kappa shape index (κ2) is 9.64. The summed E-state index contributed by atoms with van der Waals surface area (Å²) in [5, 5.41) is 0. The van der Waals surface area contributed by atoms with Crippen molar-refractivity contribution >= 4 is 18.2 Å². The number of benzene rings is 2. The normalized spacial score (nSPS) is 21.9. The van der Waals surface area contributed by atoms with E-state index < -0.39 is 0 Å². The third-order valence-electron chi connectivity index (χ3n) is 5.97. The molecule has 1 heterocycles. The molecule has 1 aliphatic carbocycles. The molecule has 4 nitrogen and oxygen atoms in total. The van der Waals surface area contributed by atoms with Gasteiger partial charge in [0.1, 0.15) is 0 Å². The minimum absolute atomic E-state index is 0. The van der Waals surface area contributed by atoms with Gasteiger partial charge in [0, 0.05) is 18.0 Å². The summed E-state index contributed by atoms with van der Waals surface area (Å²) in [6.07, 6.45) is 3.40. The first kappa shape index (κ1) is 15.8. The number of piperidine rings is 1. The molecule has 2 aliphatic rings. The van der Waals surface area contributed by atoms with E-state index in [2.05, 4.69) is 4.90 Å². The first-order valence-electron chi connectivity index (χ1n) is 12.3. The zero-order valence-corrected chi connectivity index (χ0v) is 17.7. The van der Waals surface area contributed by atoms with E-state index in [0.29, 0.717) is 29.5 Å². The van der Waals surface area contributed by atoms with Gasteiger partial charge in [-0.1, -0.05) is 30.2 Å². The predicted octanol–water partition coefficient (Wildman–Crippen LogP) is 4.78. The quantitative estimate of drug-likeness (QED) is 0.673. The van der Waals surface area contributed by atoms with Crippen LogP contribution in [0.5, 0.6) is 11.5 Å². The number of hydrogen-bond donors (Lipinski definition) is 0. The summed E-state index contributed by atoms with van der Waals surface area (Å²) >= 11 is 0. The second-order valence-electron chi connectivity index (χ2n) is 7.69. The molecule has 4 rings (SSSR count). The molecular weight excluding hydrogens is 386 g/mol. The van der Waals surface area contributed by atoms with Crippen molar-refractivity contribution in [2.45, 2.75) is 32.2 Å². The molecule has 1 unspecified atom stereocenters. The number of ketones is 1. The number of rotatable bonds is 6. The lowest BCUT2D eigenvalue weighted by molar-refractivity contribution is 0.0895. The maximum absolute atomic E-state index is 13.0. The number of ether oxygens (including phenoxy) is 2. The Bertz CT molecular complexity index is 1060. The molecule has 1 aliphatic heterocycles. The van der Waals surface area contributed by atoms with Crippen molar-refractivity contribution < 1.29 is 21.1 Å². The lowest BCUT2D eigenvalue weighted by Crippen LogP contribution is -2.34. The summed E-state index contributed by atoms with van der Waals surface area (Å²) in [4.78, 5) is 15.2. The molecule has 0 amide bonds. The van der Waals surface area contributed by atoms with Gasteiger partial charge >= 0.3 is 0 Å². The van der Waals surface area contributed by atoms with Gasteiger partial charge in [0.05, 0.1) is 21.1 Å². The number of halogens is 1. The van der Waals surface area contributed by atoms with Crippen LogP contribution in [-0.2, 0) is 13.0 Å². The Morgan fingerprint density at radius 3 is 2.38 bits per heavy atom. The summed E-state index contributed by atoms with van der Waals surface area (Å²) in [7, 11) is 3.16. The van der Waals surface area contributed by atoms with Crippen molar-refractivity contribution in [2.24, 2.45) is 11.8 Å². The average molecular weight is 421 g/mol. The van der Waals surface area contributed by atoms with Crippen LogP contribution in [0.3, 0.4) is 0 Å². The fourth-order valence-corrected chi connectivity index (χ4v) is 4.45. The van der Waals surface area contributed by atoms with Crippen LogP contribution >= 0.6 is 12.4 Å². The molecule has 0 radical (unpaired) electrons. The maximum Gasteiger partial charge on any atom is 0.166 e.